The molecule has 4 rings (SSSR count). The normalized spacial score (nSPS) is 13.5. The van der Waals surface area contributed by atoms with Crippen molar-refractivity contribution in [3.05, 3.63) is 65.0 Å². The minimum Gasteiger partial charge on any atom is -0.336 e. The molecule has 1 aromatic heterocycles. The van der Waals surface area contributed by atoms with E-state index in [4.69, 9.17) is 0 Å². The molecular formula is C25H30N6O. The number of nitrogens with one attached hydrogen (secondary N) is 2. The van der Waals surface area contributed by atoms with E-state index in [9.17, 15) is 4.79 Å². The molecule has 0 fully saturated rings. The van der Waals surface area contributed by atoms with Crippen LogP contribution in [0, 0.1) is 6.92 Å². The number of nitrogens with zero attached hydrogens (tertiary/aromatic N) is 4. The Morgan fingerprint density at radius 3 is 2.59 bits per heavy atom. The molecule has 0 unspecified atom stereocenters. The first-order chi connectivity index (χ1) is 15.2. The van der Waals surface area contributed by atoms with Crippen LogP contribution in [0.4, 0.5) is 23.3 Å². The molecular weight excluding hydrogens is 400 g/mol. The van der Waals surface area contributed by atoms with E-state index in [0.717, 1.165) is 36.4 Å². The van der Waals surface area contributed by atoms with E-state index in [1.807, 2.05) is 25.1 Å². The molecule has 0 radical (unpaired) electrons. The summed E-state index contributed by atoms with van der Waals surface area (Å²) in [6, 6.07) is 12.5. The number of aromatic nitrogens is 3. The fraction of sp³-hybridized carbons (Fsp3) is 0.360. The quantitative estimate of drug-likeness (QED) is 0.622. The fourth-order valence-corrected chi connectivity index (χ4v) is 3.91. The van der Waals surface area contributed by atoms with Crippen LogP contribution in [0.2, 0.25) is 0 Å². The highest BCUT2D eigenvalue weighted by atomic mass is 16.1. The Hall–Kier alpha value is -3.48. The van der Waals surface area contributed by atoms with Crippen LogP contribution in [0.3, 0.4) is 0 Å². The van der Waals surface area contributed by atoms with E-state index in [-0.39, 0.29) is 11.3 Å². The highest BCUT2D eigenvalue weighted by Crippen LogP contribution is 2.29. The molecule has 1 aliphatic rings. The van der Waals surface area contributed by atoms with Gasteiger partial charge in [-0.2, -0.15) is 4.98 Å². The van der Waals surface area contributed by atoms with Crippen LogP contribution in [0.1, 0.15) is 49.9 Å². The summed E-state index contributed by atoms with van der Waals surface area (Å²) in [5.74, 6) is 1.03. The average Bonchev–Trinajstić information content (AvgIpc) is 2.75. The summed E-state index contributed by atoms with van der Waals surface area (Å²) in [4.78, 5) is 27.0. The van der Waals surface area contributed by atoms with Crippen LogP contribution < -0.4 is 15.5 Å². The Bertz CT molecular complexity index is 1150. The lowest BCUT2D eigenvalue weighted by Gasteiger charge is -2.30. The SMILES string of the molecule is CC(=O)Nc1cccc(Nc2ncnc(N3CCc4cc(C(C)(C)C)ccc4C3)n2)c1C. The number of benzene rings is 2. The van der Waals surface area contributed by atoms with Gasteiger partial charge >= 0.3 is 0 Å². The zero-order chi connectivity index (χ0) is 22.9. The molecule has 0 saturated carbocycles. The molecule has 1 aliphatic heterocycles. The van der Waals surface area contributed by atoms with Crippen molar-refractivity contribution in [2.75, 3.05) is 22.1 Å². The third-order valence-corrected chi connectivity index (χ3v) is 5.82. The molecule has 2 aromatic carbocycles. The van der Waals surface area contributed by atoms with Gasteiger partial charge in [-0.15, -0.1) is 0 Å². The van der Waals surface area contributed by atoms with Gasteiger partial charge in [-0.05, 0) is 53.1 Å². The first kappa shape index (κ1) is 21.7. The van der Waals surface area contributed by atoms with E-state index in [0.29, 0.717) is 11.9 Å². The molecule has 166 valence electrons. The summed E-state index contributed by atoms with van der Waals surface area (Å²) >= 11 is 0. The van der Waals surface area contributed by atoms with Crippen LogP contribution in [0.25, 0.3) is 0 Å². The Morgan fingerprint density at radius 2 is 1.84 bits per heavy atom. The highest BCUT2D eigenvalue weighted by molar-refractivity contribution is 5.90. The van der Waals surface area contributed by atoms with Crippen molar-refractivity contribution in [1.82, 2.24) is 15.0 Å². The topological polar surface area (TPSA) is 83.0 Å². The van der Waals surface area contributed by atoms with Crippen LogP contribution in [-0.2, 0) is 23.2 Å². The Kier molecular flexibility index (Phi) is 5.82. The standard InChI is InChI=1S/C25H30N6O/c1-16-21(28-17(2)32)7-6-8-22(16)29-23-26-15-27-24(30-23)31-12-11-18-13-20(25(3,4)5)10-9-19(18)14-31/h6-10,13,15H,11-12,14H2,1-5H3,(H,28,32)(H,26,27,29,30). The maximum absolute atomic E-state index is 11.4. The van der Waals surface area contributed by atoms with Crippen molar-refractivity contribution in [2.45, 2.75) is 53.0 Å². The lowest BCUT2D eigenvalue weighted by atomic mass is 9.84. The molecule has 0 saturated heterocycles. The fourth-order valence-electron chi connectivity index (χ4n) is 3.91. The third kappa shape index (κ3) is 4.72. The van der Waals surface area contributed by atoms with Crippen molar-refractivity contribution >= 4 is 29.2 Å². The van der Waals surface area contributed by atoms with Gasteiger partial charge in [-0.3, -0.25) is 4.79 Å². The van der Waals surface area contributed by atoms with Gasteiger partial charge in [0.2, 0.25) is 17.8 Å². The van der Waals surface area contributed by atoms with Crippen LogP contribution in [0.5, 0.6) is 0 Å². The van der Waals surface area contributed by atoms with Gasteiger partial charge in [0, 0.05) is 31.4 Å². The van der Waals surface area contributed by atoms with Crippen LogP contribution >= 0.6 is 0 Å². The minimum atomic E-state index is -0.104. The van der Waals surface area contributed by atoms with Crippen LogP contribution in [-0.4, -0.2) is 27.4 Å². The third-order valence-electron chi connectivity index (χ3n) is 5.82. The van der Waals surface area contributed by atoms with Gasteiger partial charge in [0.05, 0.1) is 0 Å². The monoisotopic (exact) mass is 430 g/mol. The second-order valence-corrected chi connectivity index (χ2v) is 9.30. The molecule has 1 amide bonds. The number of fused-ring (bicyclic) bond motifs is 1. The van der Waals surface area contributed by atoms with Crippen molar-refractivity contribution in [3.8, 4) is 0 Å². The van der Waals surface area contributed by atoms with E-state index in [1.165, 1.54) is 29.9 Å². The Balaban J connectivity index is 1.53. The number of carbonyl (C=O) groups is 1. The van der Waals surface area contributed by atoms with Gasteiger partial charge in [0.15, 0.2) is 0 Å². The van der Waals surface area contributed by atoms with Crippen molar-refractivity contribution in [3.63, 3.8) is 0 Å². The maximum Gasteiger partial charge on any atom is 0.232 e. The number of carbonyl (C=O) groups excluding carboxylic acids is 1. The summed E-state index contributed by atoms with van der Waals surface area (Å²) in [6.45, 7) is 11.8. The van der Waals surface area contributed by atoms with Crippen molar-refractivity contribution in [2.24, 2.45) is 0 Å². The molecule has 0 atom stereocenters. The summed E-state index contributed by atoms with van der Waals surface area (Å²) < 4.78 is 0. The molecule has 2 N–H and O–H groups in total. The molecule has 0 aliphatic carbocycles. The maximum atomic E-state index is 11.4. The molecule has 2 heterocycles. The lowest BCUT2D eigenvalue weighted by molar-refractivity contribution is -0.114. The zero-order valence-electron chi connectivity index (χ0n) is 19.4. The number of anilines is 4. The molecule has 7 nitrogen and oxygen atoms in total. The Labute approximate surface area is 189 Å². The second kappa shape index (κ2) is 8.57. The van der Waals surface area contributed by atoms with Gasteiger partial charge in [-0.25, -0.2) is 9.97 Å². The van der Waals surface area contributed by atoms with Crippen LogP contribution in [0.15, 0.2) is 42.7 Å². The van der Waals surface area contributed by atoms with Crippen molar-refractivity contribution < 1.29 is 4.79 Å². The van der Waals surface area contributed by atoms with Gasteiger partial charge in [-0.1, -0.05) is 45.0 Å². The zero-order valence-corrected chi connectivity index (χ0v) is 19.4. The first-order valence-electron chi connectivity index (χ1n) is 10.9. The predicted octanol–water partition coefficient (Wildman–Crippen LogP) is 4.74. The number of amides is 1. The summed E-state index contributed by atoms with van der Waals surface area (Å²) in [7, 11) is 0. The van der Waals surface area contributed by atoms with Gasteiger partial charge in [0.25, 0.3) is 0 Å². The smallest absolute Gasteiger partial charge is 0.232 e. The summed E-state index contributed by atoms with van der Waals surface area (Å²) in [5.41, 5.74) is 6.77. The number of hydrogen-bond acceptors (Lipinski definition) is 6. The van der Waals surface area contributed by atoms with E-state index >= 15 is 0 Å². The highest BCUT2D eigenvalue weighted by Gasteiger charge is 2.22. The first-order valence-corrected chi connectivity index (χ1v) is 10.9. The number of hydrogen-bond donors (Lipinski definition) is 2. The van der Waals surface area contributed by atoms with Gasteiger partial charge in [0.1, 0.15) is 6.33 Å². The van der Waals surface area contributed by atoms with E-state index in [2.05, 4.69) is 69.5 Å². The average molecular weight is 431 g/mol. The minimum absolute atomic E-state index is 0.104. The largest absolute Gasteiger partial charge is 0.336 e. The molecule has 7 heteroatoms. The lowest BCUT2D eigenvalue weighted by Crippen LogP contribution is -2.32. The second-order valence-electron chi connectivity index (χ2n) is 9.30. The molecule has 32 heavy (non-hydrogen) atoms. The molecule has 0 spiro atoms. The van der Waals surface area contributed by atoms with Crippen molar-refractivity contribution in [1.29, 1.82) is 0 Å². The predicted molar refractivity (Wildman–Crippen MR) is 128 cm³/mol. The van der Waals surface area contributed by atoms with E-state index in [1.54, 1.807) is 0 Å². The van der Waals surface area contributed by atoms with Gasteiger partial charge < -0.3 is 15.5 Å². The number of rotatable bonds is 4. The summed E-state index contributed by atoms with van der Waals surface area (Å²) in [5, 5.41) is 6.11. The molecule has 0 bridgehead atoms. The summed E-state index contributed by atoms with van der Waals surface area (Å²) in [6.07, 6.45) is 2.50. The van der Waals surface area contributed by atoms with E-state index < -0.39 is 0 Å². The Morgan fingerprint density at radius 1 is 1.06 bits per heavy atom. The molecule has 3 aromatic rings.